The Labute approximate surface area is 127 Å². The molecule has 0 bridgehead atoms. The average molecular weight is 288 g/mol. The summed E-state index contributed by atoms with van der Waals surface area (Å²) in [5, 5.41) is 4.26. The molecule has 0 aliphatic rings. The van der Waals surface area contributed by atoms with Gasteiger partial charge in [0.25, 0.3) is 0 Å². The van der Waals surface area contributed by atoms with Gasteiger partial charge in [0, 0.05) is 5.02 Å². The molecule has 2 rings (SSSR count). The molecule has 2 aromatic rings. The molecular formula is C18H22ClN. The summed E-state index contributed by atoms with van der Waals surface area (Å²) in [5.74, 6) is 0. The van der Waals surface area contributed by atoms with E-state index in [2.05, 4.69) is 63.3 Å². The molecule has 1 N–H and O–H groups in total. The smallest absolute Gasteiger partial charge is 0.0577 e. The molecule has 1 nitrogen and oxygen atoms in total. The largest absolute Gasteiger partial charge is 0.309 e. The van der Waals surface area contributed by atoms with E-state index < -0.39 is 0 Å². The highest BCUT2D eigenvalue weighted by atomic mass is 35.5. The molecule has 0 aliphatic carbocycles. The van der Waals surface area contributed by atoms with Crippen LogP contribution in [0.2, 0.25) is 5.02 Å². The van der Waals surface area contributed by atoms with Crippen molar-refractivity contribution in [3.63, 3.8) is 0 Å². The number of halogens is 1. The quantitative estimate of drug-likeness (QED) is 0.848. The van der Waals surface area contributed by atoms with Gasteiger partial charge in [0.05, 0.1) is 6.04 Å². The lowest BCUT2D eigenvalue weighted by Gasteiger charge is -2.21. The van der Waals surface area contributed by atoms with Gasteiger partial charge in [-0.15, -0.1) is 0 Å². The van der Waals surface area contributed by atoms with Crippen LogP contribution in [-0.2, 0) is 0 Å². The molecule has 20 heavy (non-hydrogen) atoms. The lowest BCUT2D eigenvalue weighted by atomic mass is 9.92. The summed E-state index contributed by atoms with van der Waals surface area (Å²) in [7, 11) is 2.00. The van der Waals surface area contributed by atoms with Crippen molar-refractivity contribution in [2.75, 3.05) is 7.05 Å². The second-order valence-electron chi connectivity index (χ2n) is 5.52. The third-order valence-electron chi connectivity index (χ3n) is 4.01. The van der Waals surface area contributed by atoms with Crippen molar-refractivity contribution in [2.45, 2.75) is 33.7 Å². The van der Waals surface area contributed by atoms with Gasteiger partial charge in [0.2, 0.25) is 0 Å². The van der Waals surface area contributed by atoms with Crippen LogP contribution in [0.25, 0.3) is 0 Å². The van der Waals surface area contributed by atoms with Crippen LogP contribution in [0.5, 0.6) is 0 Å². The summed E-state index contributed by atoms with van der Waals surface area (Å²) in [5.41, 5.74) is 7.58. The van der Waals surface area contributed by atoms with E-state index in [-0.39, 0.29) is 6.04 Å². The molecular weight excluding hydrogens is 266 g/mol. The predicted octanol–water partition coefficient (Wildman–Crippen LogP) is 4.88. The molecule has 0 aliphatic heterocycles. The normalized spacial score (nSPS) is 12.5. The Kier molecular flexibility index (Phi) is 4.52. The van der Waals surface area contributed by atoms with Gasteiger partial charge in [0.1, 0.15) is 0 Å². The van der Waals surface area contributed by atoms with Crippen LogP contribution in [0.15, 0.2) is 30.3 Å². The summed E-state index contributed by atoms with van der Waals surface area (Å²) in [6.07, 6.45) is 0. The molecule has 1 atom stereocenters. The summed E-state index contributed by atoms with van der Waals surface area (Å²) in [6, 6.07) is 11.1. The standard InChI is InChI=1S/C18H22ClN/c1-11-6-7-15(8-12(11)2)18(20-5)16-9-14(4)17(19)10-13(16)3/h6-10,18,20H,1-5H3. The highest BCUT2D eigenvalue weighted by molar-refractivity contribution is 6.31. The fraction of sp³-hybridized carbons (Fsp3) is 0.333. The molecule has 2 aromatic carbocycles. The average Bonchev–Trinajstić information content (AvgIpc) is 2.40. The first-order valence-corrected chi connectivity index (χ1v) is 7.33. The molecule has 0 spiro atoms. The van der Waals surface area contributed by atoms with Gasteiger partial charge >= 0.3 is 0 Å². The molecule has 0 fully saturated rings. The number of hydrogen-bond acceptors (Lipinski definition) is 1. The van der Waals surface area contributed by atoms with Crippen molar-refractivity contribution >= 4 is 11.6 Å². The van der Waals surface area contributed by atoms with E-state index >= 15 is 0 Å². The van der Waals surface area contributed by atoms with Gasteiger partial charge in [-0.1, -0.05) is 35.9 Å². The predicted molar refractivity (Wildman–Crippen MR) is 87.7 cm³/mol. The van der Waals surface area contributed by atoms with Gasteiger partial charge in [-0.2, -0.15) is 0 Å². The van der Waals surface area contributed by atoms with E-state index in [1.54, 1.807) is 0 Å². The number of rotatable bonds is 3. The zero-order valence-electron chi connectivity index (χ0n) is 12.8. The molecule has 1 unspecified atom stereocenters. The van der Waals surface area contributed by atoms with E-state index in [4.69, 9.17) is 11.6 Å². The van der Waals surface area contributed by atoms with Crippen LogP contribution in [0, 0.1) is 27.7 Å². The van der Waals surface area contributed by atoms with Crippen molar-refractivity contribution in [1.29, 1.82) is 0 Å². The summed E-state index contributed by atoms with van der Waals surface area (Å²) < 4.78 is 0. The fourth-order valence-electron chi connectivity index (χ4n) is 2.56. The molecule has 106 valence electrons. The van der Waals surface area contributed by atoms with Gasteiger partial charge in [-0.05, 0) is 74.2 Å². The second kappa shape index (κ2) is 5.99. The maximum absolute atomic E-state index is 6.21. The minimum atomic E-state index is 0.199. The van der Waals surface area contributed by atoms with Gasteiger partial charge < -0.3 is 5.32 Å². The third-order valence-corrected chi connectivity index (χ3v) is 4.42. The van der Waals surface area contributed by atoms with Crippen LogP contribution in [-0.4, -0.2) is 7.05 Å². The minimum Gasteiger partial charge on any atom is -0.309 e. The first-order chi connectivity index (χ1) is 9.43. The van der Waals surface area contributed by atoms with Crippen LogP contribution >= 0.6 is 11.6 Å². The zero-order chi connectivity index (χ0) is 14.9. The van der Waals surface area contributed by atoms with Crippen molar-refractivity contribution in [2.24, 2.45) is 0 Å². The van der Waals surface area contributed by atoms with Crippen LogP contribution in [0.3, 0.4) is 0 Å². The van der Waals surface area contributed by atoms with Crippen molar-refractivity contribution in [3.05, 3.63) is 68.7 Å². The molecule has 0 saturated carbocycles. The zero-order valence-corrected chi connectivity index (χ0v) is 13.6. The van der Waals surface area contributed by atoms with E-state index in [0.29, 0.717) is 0 Å². The van der Waals surface area contributed by atoms with Crippen LogP contribution < -0.4 is 5.32 Å². The molecule has 0 amide bonds. The van der Waals surface area contributed by atoms with Crippen LogP contribution in [0.1, 0.15) is 39.4 Å². The van der Waals surface area contributed by atoms with E-state index in [0.717, 1.165) is 10.6 Å². The first kappa shape index (κ1) is 15.1. The molecule has 2 heteroatoms. The lowest BCUT2D eigenvalue weighted by Crippen LogP contribution is -2.19. The summed E-state index contributed by atoms with van der Waals surface area (Å²) in [4.78, 5) is 0. The van der Waals surface area contributed by atoms with Crippen molar-refractivity contribution in [3.8, 4) is 0 Å². The topological polar surface area (TPSA) is 12.0 Å². The third kappa shape index (κ3) is 2.89. The van der Waals surface area contributed by atoms with Gasteiger partial charge in [-0.25, -0.2) is 0 Å². The molecule has 0 saturated heterocycles. The maximum Gasteiger partial charge on any atom is 0.0577 e. The Balaban J connectivity index is 2.52. The monoisotopic (exact) mass is 287 g/mol. The minimum absolute atomic E-state index is 0.199. The number of nitrogens with one attached hydrogen (secondary N) is 1. The van der Waals surface area contributed by atoms with Crippen molar-refractivity contribution < 1.29 is 0 Å². The summed E-state index contributed by atoms with van der Waals surface area (Å²) >= 11 is 6.21. The van der Waals surface area contributed by atoms with Crippen LogP contribution in [0.4, 0.5) is 0 Å². The fourth-order valence-corrected chi connectivity index (χ4v) is 2.78. The Bertz CT molecular complexity index is 632. The summed E-state index contributed by atoms with van der Waals surface area (Å²) in [6.45, 7) is 8.47. The molecule has 0 aromatic heterocycles. The SMILES string of the molecule is CNC(c1ccc(C)c(C)c1)c1cc(C)c(Cl)cc1C. The Morgan fingerprint density at radius 1 is 0.850 bits per heavy atom. The number of benzene rings is 2. The highest BCUT2D eigenvalue weighted by Gasteiger charge is 2.16. The number of hydrogen-bond donors (Lipinski definition) is 1. The lowest BCUT2D eigenvalue weighted by molar-refractivity contribution is 0.686. The highest BCUT2D eigenvalue weighted by Crippen LogP contribution is 2.29. The van der Waals surface area contributed by atoms with Gasteiger partial charge in [-0.3, -0.25) is 0 Å². The maximum atomic E-state index is 6.21. The Hall–Kier alpha value is -1.31. The van der Waals surface area contributed by atoms with Gasteiger partial charge in [0.15, 0.2) is 0 Å². The van der Waals surface area contributed by atoms with E-state index in [9.17, 15) is 0 Å². The second-order valence-corrected chi connectivity index (χ2v) is 5.93. The van der Waals surface area contributed by atoms with E-state index in [1.165, 1.54) is 27.8 Å². The molecule has 0 heterocycles. The first-order valence-electron chi connectivity index (χ1n) is 6.95. The Morgan fingerprint density at radius 2 is 1.55 bits per heavy atom. The number of aryl methyl sites for hydroxylation is 4. The Morgan fingerprint density at radius 3 is 2.15 bits per heavy atom. The van der Waals surface area contributed by atoms with E-state index in [1.807, 2.05) is 7.05 Å². The van der Waals surface area contributed by atoms with Crippen molar-refractivity contribution in [1.82, 2.24) is 5.32 Å². The molecule has 0 radical (unpaired) electrons.